The van der Waals surface area contributed by atoms with Gasteiger partial charge in [-0.1, -0.05) is 30.2 Å². The monoisotopic (exact) mass is 492 g/mol. The molecule has 5 aliphatic rings. The normalized spacial score (nSPS) is 31.9. The number of nitrogens with zero attached hydrogens (tertiary/aromatic N) is 3. The first-order chi connectivity index (χ1) is 17.5. The number of piperidine rings is 3. The predicted octanol–water partition coefficient (Wildman–Crippen LogP) is 2.93. The number of carbonyl (C=O) groups excluding carboxylic acids is 3. The van der Waals surface area contributed by atoms with Crippen molar-refractivity contribution in [3.05, 3.63) is 41.5 Å². The lowest BCUT2D eigenvalue weighted by molar-refractivity contribution is -0.139. The fraction of sp³-hybridized carbons (Fsp3) is 0.607. The van der Waals surface area contributed by atoms with Crippen molar-refractivity contribution in [2.45, 2.75) is 69.6 Å². The molecular weight excluding hydrogens is 456 g/mol. The molecule has 5 atom stereocenters. The van der Waals surface area contributed by atoms with Gasteiger partial charge in [-0.15, -0.1) is 0 Å². The van der Waals surface area contributed by atoms with Crippen molar-refractivity contribution in [2.75, 3.05) is 26.7 Å². The summed E-state index contributed by atoms with van der Waals surface area (Å²) < 4.78 is 5.18. The Morgan fingerprint density at radius 3 is 2.75 bits per heavy atom. The van der Waals surface area contributed by atoms with Gasteiger partial charge >= 0.3 is 6.03 Å². The molecular formula is C28H36N4O4. The second-order valence-electron chi connectivity index (χ2n) is 11.1. The average molecular weight is 493 g/mol. The van der Waals surface area contributed by atoms with Gasteiger partial charge in [0, 0.05) is 19.1 Å². The van der Waals surface area contributed by atoms with Gasteiger partial charge in [0.1, 0.15) is 11.8 Å². The number of nitrogens with one attached hydrogen (secondary N) is 1. The lowest BCUT2D eigenvalue weighted by Crippen LogP contribution is -2.60. The third-order valence-corrected chi connectivity index (χ3v) is 8.96. The number of fused-ring (bicyclic) bond motifs is 6. The van der Waals surface area contributed by atoms with Gasteiger partial charge in [0.05, 0.1) is 26.1 Å². The Morgan fingerprint density at radius 2 is 1.94 bits per heavy atom. The third-order valence-electron chi connectivity index (χ3n) is 8.96. The molecule has 4 aliphatic heterocycles. The molecule has 0 saturated carbocycles. The second kappa shape index (κ2) is 9.54. The number of hydrogen-bond acceptors (Lipinski definition) is 5. The highest BCUT2D eigenvalue weighted by molar-refractivity contribution is 6.05. The lowest BCUT2D eigenvalue weighted by Gasteiger charge is -2.54. The van der Waals surface area contributed by atoms with E-state index >= 15 is 0 Å². The van der Waals surface area contributed by atoms with Crippen LogP contribution in [0.3, 0.4) is 0 Å². The van der Waals surface area contributed by atoms with Gasteiger partial charge in [-0.2, -0.15) is 0 Å². The van der Waals surface area contributed by atoms with Crippen LogP contribution in [0.4, 0.5) is 4.79 Å². The molecule has 0 radical (unpaired) electrons. The van der Waals surface area contributed by atoms with Crippen molar-refractivity contribution < 1.29 is 19.1 Å². The van der Waals surface area contributed by atoms with Crippen molar-refractivity contribution in [2.24, 2.45) is 11.8 Å². The maximum absolute atomic E-state index is 13.6. The van der Waals surface area contributed by atoms with E-state index in [0.717, 1.165) is 43.7 Å². The molecule has 8 heteroatoms. The number of ether oxygens (including phenoxy) is 1. The maximum Gasteiger partial charge on any atom is 0.325 e. The van der Waals surface area contributed by atoms with E-state index in [1.165, 1.54) is 36.3 Å². The van der Waals surface area contributed by atoms with Gasteiger partial charge in [0.25, 0.3) is 5.91 Å². The van der Waals surface area contributed by atoms with Crippen molar-refractivity contribution in [1.29, 1.82) is 0 Å². The first-order valence-electron chi connectivity index (χ1n) is 13.5. The molecule has 1 aromatic rings. The molecule has 2 bridgehead atoms. The number of rotatable bonds is 5. The van der Waals surface area contributed by atoms with Gasteiger partial charge in [-0.05, 0) is 68.2 Å². The topological polar surface area (TPSA) is 82.2 Å². The summed E-state index contributed by atoms with van der Waals surface area (Å²) in [7, 11) is 1.60. The molecule has 192 valence electrons. The summed E-state index contributed by atoms with van der Waals surface area (Å²) >= 11 is 0. The third kappa shape index (κ3) is 4.19. The summed E-state index contributed by atoms with van der Waals surface area (Å²) in [5.41, 5.74) is 2.27. The fourth-order valence-electron chi connectivity index (χ4n) is 7.32. The van der Waals surface area contributed by atoms with Crippen LogP contribution < -0.4 is 10.1 Å². The van der Waals surface area contributed by atoms with Crippen LogP contribution >= 0.6 is 0 Å². The van der Waals surface area contributed by atoms with Gasteiger partial charge in [-0.3, -0.25) is 19.4 Å². The van der Waals surface area contributed by atoms with E-state index in [4.69, 9.17) is 4.74 Å². The Hall–Kier alpha value is -2.87. The van der Waals surface area contributed by atoms with E-state index in [1.807, 2.05) is 29.2 Å². The highest BCUT2D eigenvalue weighted by Gasteiger charge is 2.48. The summed E-state index contributed by atoms with van der Waals surface area (Å²) in [4.78, 5) is 45.2. The first-order valence-corrected chi connectivity index (χ1v) is 13.5. The Balaban J connectivity index is 1.14. The number of methoxy groups -OCH3 is 1. The highest BCUT2D eigenvalue weighted by atomic mass is 16.5. The minimum Gasteiger partial charge on any atom is -0.497 e. The van der Waals surface area contributed by atoms with Crippen molar-refractivity contribution in [3.63, 3.8) is 0 Å². The molecule has 0 spiro atoms. The van der Waals surface area contributed by atoms with Crippen LogP contribution in [0.2, 0.25) is 0 Å². The molecule has 1 N–H and O–H groups in total. The first kappa shape index (κ1) is 23.5. The quantitative estimate of drug-likeness (QED) is 0.505. The Morgan fingerprint density at radius 1 is 1.11 bits per heavy atom. The van der Waals surface area contributed by atoms with Crippen molar-refractivity contribution in [1.82, 2.24) is 20.0 Å². The van der Waals surface area contributed by atoms with Gasteiger partial charge in [-0.25, -0.2) is 4.79 Å². The highest BCUT2D eigenvalue weighted by Crippen LogP contribution is 2.45. The van der Waals surface area contributed by atoms with E-state index in [1.54, 1.807) is 7.11 Å². The summed E-state index contributed by atoms with van der Waals surface area (Å²) in [6, 6.07) is 6.89. The number of carbonyl (C=O) groups is 3. The number of hydrogen-bond donors (Lipinski definition) is 1. The van der Waals surface area contributed by atoms with Crippen LogP contribution in [-0.2, 0) is 16.1 Å². The van der Waals surface area contributed by atoms with Gasteiger partial charge in [0.15, 0.2) is 0 Å². The largest absolute Gasteiger partial charge is 0.497 e. The number of likely N-dealkylation sites (tertiary alicyclic amines) is 1. The summed E-state index contributed by atoms with van der Waals surface area (Å²) in [6.07, 6.45) is 9.63. The number of benzene rings is 1. The van der Waals surface area contributed by atoms with Crippen LogP contribution in [0.25, 0.3) is 0 Å². The molecule has 1 aromatic carbocycles. The molecule has 6 rings (SSSR count). The van der Waals surface area contributed by atoms with E-state index < -0.39 is 12.1 Å². The zero-order valence-electron chi connectivity index (χ0n) is 21.0. The molecule has 4 fully saturated rings. The van der Waals surface area contributed by atoms with E-state index in [-0.39, 0.29) is 30.8 Å². The second-order valence-corrected chi connectivity index (χ2v) is 11.1. The fourth-order valence-corrected chi connectivity index (χ4v) is 7.32. The smallest absolute Gasteiger partial charge is 0.325 e. The van der Waals surface area contributed by atoms with Crippen molar-refractivity contribution >= 4 is 17.8 Å². The zero-order chi connectivity index (χ0) is 24.8. The number of urea groups is 1. The van der Waals surface area contributed by atoms with Crippen LogP contribution in [0, 0.1) is 11.8 Å². The Bertz CT molecular complexity index is 1070. The minimum absolute atomic E-state index is 0.0187. The molecule has 1 aliphatic carbocycles. The SMILES string of the molecule is COc1ccc(CN2C(=O)N[C@@H](CC(=O)N3CCCC4=C[C@H]5C[C@@H](CN6CCCC[C@@H]56)[C@@H]43)C2=O)cc1. The number of imide groups is 1. The van der Waals surface area contributed by atoms with Crippen LogP contribution in [0.1, 0.15) is 50.5 Å². The molecule has 4 amide bonds. The summed E-state index contributed by atoms with van der Waals surface area (Å²) in [5, 5.41) is 2.76. The zero-order valence-corrected chi connectivity index (χ0v) is 21.0. The molecule has 0 aromatic heterocycles. The van der Waals surface area contributed by atoms with Crippen LogP contribution in [0.5, 0.6) is 5.75 Å². The standard InChI is InChI=1S/C28H36N4O4/c1-36-22-9-7-18(8-10-22)16-32-27(34)23(29-28(32)35)15-25(33)31-12-4-5-19-13-20-14-21(26(19)31)17-30-11-3-2-6-24(20)30/h7-10,13,20-21,23-24,26H,2-6,11-12,14-17H2,1H3,(H,29,35)/t20-,21-,23-,24-,26+/m0/s1. The Labute approximate surface area is 212 Å². The van der Waals surface area contributed by atoms with E-state index in [9.17, 15) is 14.4 Å². The van der Waals surface area contributed by atoms with Crippen LogP contribution in [-0.4, -0.2) is 77.4 Å². The maximum atomic E-state index is 13.6. The molecule has 4 saturated heterocycles. The predicted molar refractivity (Wildman–Crippen MR) is 134 cm³/mol. The van der Waals surface area contributed by atoms with Gasteiger partial charge < -0.3 is 15.0 Å². The molecule has 4 heterocycles. The number of amides is 4. The Kier molecular flexibility index (Phi) is 6.23. The van der Waals surface area contributed by atoms with Crippen LogP contribution in [0.15, 0.2) is 35.9 Å². The molecule has 0 unspecified atom stereocenters. The average Bonchev–Trinajstić information content (AvgIpc) is 3.16. The minimum atomic E-state index is -0.799. The van der Waals surface area contributed by atoms with Crippen molar-refractivity contribution in [3.8, 4) is 5.75 Å². The molecule has 8 nitrogen and oxygen atoms in total. The lowest BCUT2D eigenvalue weighted by atomic mass is 9.68. The van der Waals surface area contributed by atoms with E-state index in [2.05, 4.69) is 16.3 Å². The van der Waals surface area contributed by atoms with Gasteiger partial charge in [0.2, 0.25) is 5.91 Å². The summed E-state index contributed by atoms with van der Waals surface area (Å²) in [6.45, 7) is 3.16. The summed E-state index contributed by atoms with van der Waals surface area (Å²) in [5.74, 6) is 1.46. The van der Waals surface area contributed by atoms with E-state index in [0.29, 0.717) is 17.9 Å². The molecule has 36 heavy (non-hydrogen) atoms.